The molecule has 2 heteroatoms. The van der Waals surface area contributed by atoms with E-state index in [9.17, 15) is 0 Å². The van der Waals surface area contributed by atoms with E-state index >= 15 is 0 Å². The van der Waals surface area contributed by atoms with Gasteiger partial charge < -0.3 is 5.32 Å². The van der Waals surface area contributed by atoms with Gasteiger partial charge in [0, 0.05) is 6.04 Å². The summed E-state index contributed by atoms with van der Waals surface area (Å²) in [5.41, 5.74) is 0. The van der Waals surface area contributed by atoms with Crippen LogP contribution in [0.15, 0.2) is 4.99 Å². The Morgan fingerprint density at radius 2 is 1.71 bits per heavy atom. The van der Waals surface area contributed by atoms with E-state index in [-0.39, 0.29) is 0 Å². The van der Waals surface area contributed by atoms with E-state index in [1.165, 1.54) is 44.9 Å². The minimum Gasteiger partial charge on any atom is -0.315 e. The van der Waals surface area contributed by atoms with Crippen LogP contribution in [-0.4, -0.2) is 25.3 Å². The second kappa shape index (κ2) is 6.99. The van der Waals surface area contributed by atoms with E-state index in [2.05, 4.69) is 17.4 Å². The molecule has 1 rings (SSSR count). The van der Waals surface area contributed by atoms with Crippen LogP contribution in [0.25, 0.3) is 0 Å². The van der Waals surface area contributed by atoms with Crippen LogP contribution >= 0.6 is 0 Å². The highest BCUT2D eigenvalue weighted by Crippen LogP contribution is 2.19. The fraction of sp³-hybridized carbons (Fsp3) is 0.917. The molecule has 0 aromatic carbocycles. The smallest absolute Gasteiger partial charge is 0.0648 e. The lowest BCUT2D eigenvalue weighted by Gasteiger charge is -2.22. The van der Waals surface area contributed by atoms with Crippen molar-refractivity contribution in [3.05, 3.63) is 0 Å². The summed E-state index contributed by atoms with van der Waals surface area (Å²) in [7, 11) is 2.07. The fourth-order valence-electron chi connectivity index (χ4n) is 2.35. The third kappa shape index (κ3) is 3.79. The quantitative estimate of drug-likeness (QED) is 0.675. The molecule has 0 bridgehead atoms. The fourth-order valence-corrected chi connectivity index (χ4v) is 2.35. The largest absolute Gasteiger partial charge is 0.315 e. The molecule has 0 aliphatic heterocycles. The van der Waals surface area contributed by atoms with Gasteiger partial charge in [0.2, 0.25) is 0 Å². The van der Waals surface area contributed by atoms with Crippen molar-refractivity contribution in [2.45, 2.75) is 64.0 Å². The van der Waals surface area contributed by atoms with Crippen molar-refractivity contribution in [2.24, 2.45) is 4.99 Å². The first kappa shape index (κ1) is 11.7. The molecule has 1 N–H and O–H groups in total. The maximum Gasteiger partial charge on any atom is 0.0648 e. The van der Waals surface area contributed by atoms with Crippen molar-refractivity contribution in [3.8, 4) is 0 Å². The molecular weight excluding hydrogens is 172 g/mol. The molecule has 2 unspecified atom stereocenters. The molecule has 0 aromatic rings. The first-order valence-electron chi connectivity index (χ1n) is 6.03. The molecule has 0 spiro atoms. The first-order valence-corrected chi connectivity index (χ1v) is 6.03. The number of nitrogens with one attached hydrogen (secondary N) is 1. The predicted octanol–water partition coefficient (Wildman–Crippen LogP) is 2.78. The third-order valence-corrected chi connectivity index (χ3v) is 3.19. The zero-order valence-electron chi connectivity index (χ0n) is 9.63. The van der Waals surface area contributed by atoms with Gasteiger partial charge in [-0.15, -0.1) is 0 Å². The Bertz CT molecular complexity index is 166. The van der Waals surface area contributed by atoms with Gasteiger partial charge in [0.15, 0.2) is 0 Å². The Balaban J connectivity index is 2.52. The molecule has 2 atom stereocenters. The Morgan fingerprint density at radius 1 is 1.07 bits per heavy atom. The molecule has 1 aliphatic rings. The lowest BCUT2D eigenvalue weighted by Crippen LogP contribution is -2.36. The molecule has 0 saturated heterocycles. The molecule has 0 amide bonds. The molecule has 0 heterocycles. The summed E-state index contributed by atoms with van der Waals surface area (Å²) < 4.78 is 0. The van der Waals surface area contributed by atoms with Gasteiger partial charge in [-0.1, -0.05) is 32.1 Å². The van der Waals surface area contributed by atoms with E-state index < -0.39 is 0 Å². The summed E-state index contributed by atoms with van der Waals surface area (Å²) in [4.78, 5) is 4.59. The monoisotopic (exact) mass is 196 g/mol. The van der Waals surface area contributed by atoms with Crippen molar-refractivity contribution >= 4 is 6.21 Å². The van der Waals surface area contributed by atoms with E-state index in [0.29, 0.717) is 12.1 Å². The molecular formula is C12H24N2. The van der Waals surface area contributed by atoms with Crippen molar-refractivity contribution in [1.82, 2.24) is 5.32 Å². The number of hydrogen-bond acceptors (Lipinski definition) is 2. The van der Waals surface area contributed by atoms with E-state index in [1.54, 1.807) is 0 Å². The van der Waals surface area contributed by atoms with E-state index in [0.717, 1.165) is 0 Å². The average molecular weight is 196 g/mol. The number of aliphatic imine (C=N–C) groups is 1. The zero-order chi connectivity index (χ0) is 10.2. The van der Waals surface area contributed by atoms with Crippen molar-refractivity contribution in [2.75, 3.05) is 7.05 Å². The molecule has 0 aromatic heterocycles. The van der Waals surface area contributed by atoms with Crippen LogP contribution in [0.2, 0.25) is 0 Å². The van der Waals surface area contributed by atoms with Crippen molar-refractivity contribution in [1.29, 1.82) is 0 Å². The molecule has 1 aliphatic carbocycles. The minimum absolute atomic E-state index is 0.517. The lowest BCUT2D eigenvalue weighted by molar-refractivity contribution is 0.410. The number of hydrogen-bond donors (Lipinski definition) is 1. The van der Waals surface area contributed by atoms with Gasteiger partial charge in [-0.25, -0.2) is 0 Å². The second-order valence-corrected chi connectivity index (χ2v) is 4.21. The summed E-state index contributed by atoms with van der Waals surface area (Å²) in [6.45, 7) is 2.03. The van der Waals surface area contributed by atoms with Crippen LogP contribution in [0.5, 0.6) is 0 Å². The average Bonchev–Trinajstić information content (AvgIpc) is 2.30. The molecule has 0 radical (unpaired) electrons. The van der Waals surface area contributed by atoms with Crippen LogP contribution in [0, 0.1) is 0 Å². The Labute approximate surface area is 88.2 Å². The summed E-state index contributed by atoms with van der Waals surface area (Å²) in [5, 5.41) is 3.42. The van der Waals surface area contributed by atoms with Gasteiger partial charge in [0.25, 0.3) is 0 Å². The Morgan fingerprint density at radius 3 is 2.36 bits per heavy atom. The summed E-state index contributed by atoms with van der Waals surface area (Å²) in [6.07, 6.45) is 11.4. The van der Waals surface area contributed by atoms with Gasteiger partial charge in [-0.3, -0.25) is 4.99 Å². The summed E-state index contributed by atoms with van der Waals surface area (Å²) in [6, 6.07) is 1.12. The Kier molecular flexibility index (Phi) is 5.85. The normalized spacial score (nSPS) is 31.0. The number of rotatable bonds is 2. The highest BCUT2D eigenvalue weighted by atomic mass is 14.9. The first-order chi connectivity index (χ1) is 6.88. The SMILES string of the molecule is CC=NC1CCCCCCCC1NC. The van der Waals surface area contributed by atoms with E-state index in [4.69, 9.17) is 0 Å². The molecule has 14 heavy (non-hydrogen) atoms. The van der Waals surface area contributed by atoms with Gasteiger partial charge in [-0.05, 0) is 33.0 Å². The molecule has 2 nitrogen and oxygen atoms in total. The zero-order valence-corrected chi connectivity index (χ0v) is 9.63. The van der Waals surface area contributed by atoms with Crippen molar-refractivity contribution < 1.29 is 0 Å². The van der Waals surface area contributed by atoms with Gasteiger partial charge in [-0.2, -0.15) is 0 Å². The predicted molar refractivity (Wildman–Crippen MR) is 63.1 cm³/mol. The molecule has 1 saturated carbocycles. The minimum atomic E-state index is 0.517. The summed E-state index contributed by atoms with van der Waals surface area (Å²) in [5.74, 6) is 0. The van der Waals surface area contributed by atoms with Gasteiger partial charge >= 0.3 is 0 Å². The van der Waals surface area contributed by atoms with E-state index in [1.807, 2.05) is 13.1 Å². The highest BCUT2D eigenvalue weighted by molar-refractivity contribution is 5.53. The topological polar surface area (TPSA) is 24.4 Å². The van der Waals surface area contributed by atoms with Crippen LogP contribution < -0.4 is 5.32 Å². The Hall–Kier alpha value is -0.370. The van der Waals surface area contributed by atoms with Crippen LogP contribution in [0.3, 0.4) is 0 Å². The standard InChI is InChI=1S/C12H24N2/c1-3-14-12-10-8-6-4-5-7-9-11(12)13-2/h3,11-13H,4-10H2,1-2H3. The second-order valence-electron chi connectivity index (χ2n) is 4.21. The van der Waals surface area contributed by atoms with Crippen LogP contribution in [0.4, 0.5) is 0 Å². The lowest BCUT2D eigenvalue weighted by atomic mass is 10.00. The van der Waals surface area contributed by atoms with Crippen LogP contribution in [0.1, 0.15) is 51.9 Å². The molecule has 1 fully saturated rings. The third-order valence-electron chi connectivity index (χ3n) is 3.19. The number of likely N-dealkylation sites (N-methyl/N-ethyl adjacent to an activating group) is 1. The summed E-state index contributed by atoms with van der Waals surface area (Å²) >= 11 is 0. The van der Waals surface area contributed by atoms with Gasteiger partial charge in [0.1, 0.15) is 0 Å². The van der Waals surface area contributed by atoms with Gasteiger partial charge in [0.05, 0.1) is 6.04 Å². The highest BCUT2D eigenvalue weighted by Gasteiger charge is 2.18. The molecule has 82 valence electrons. The number of nitrogens with zero attached hydrogens (tertiary/aromatic N) is 1. The maximum absolute atomic E-state index is 4.59. The van der Waals surface area contributed by atoms with Crippen molar-refractivity contribution in [3.63, 3.8) is 0 Å². The maximum atomic E-state index is 4.59. The van der Waals surface area contributed by atoms with Crippen LogP contribution in [-0.2, 0) is 0 Å².